The van der Waals surface area contributed by atoms with Crippen molar-refractivity contribution in [1.82, 2.24) is 0 Å². The summed E-state index contributed by atoms with van der Waals surface area (Å²) >= 11 is 0. The highest BCUT2D eigenvalue weighted by Crippen LogP contribution is 2.19. The van der Waals surface area contributed by atoms with Crippen molar-refractivity contribution in [2.45, 2.75) is 38.7 Å². The minimum Gasteiger partial charge on any atom is -0.502 e. The first kappa shape index (κ1) is 10.1. The number of carbonyl (C=O) groups is 1. The fourth-order valence-corrected chi connectivity index (χ4v) is 1.33. The van der Waals surface area contributed by atoms with Gasteiger partial charge in [-0.1, -0.05) is 6.42 Å². The molecule has 0 aromatic carbocycles. The second-order valence-corrected chi connectivity index (χ2v) is 3.14. The van der Waals surface area contributed by atoms with E-state index in [1.54, 1.807) is 6.92 Å². The average molecular weight is 183 g/mol. The molecule has 1 unspecified atom stereocenters. The Morgan fingerprint density at radius 3 is 2.92 bits per heavy atom. The molecule has 0 bridgehead atoms. The third kappa shape index (κ3) is 3.09. The Morgan fingerprint density at radius 1 is 1.62 bits per heavy atom. The van der Waals surface area contributed by atoms with Crippen LogP contribution in [0, 0.1) is 6.42 Å². The van der Waals surface area contributed by atoms with Crippen molar-refractivity contribution in [3.63, 3.8) is 0 Å². The molecule has 1 saturated carbocycles. The number of rotatable bonds is 2. The SMILES string of the molecule is CC=C(O)C(=O)OC1[CH]CCCC1. The standard InChI is InChI=1S/C10H15O3/c1-2-9(11)10(12)13-8-6-4-3-5-7-8/h2,6,8,11H,3-5,7H2,1H3. The van der Waals surface area contributed by atoms with Gasteiger partial charge >= 0.3 is 5.97 Å². The highest BCUT2D eigenvalue weighted by Gasteiger charge is 2.19. The summed E-state index contributed by atoms with van der Waals surface area (Å²) in [4.78, 5) is 11.1. The Labute approximate surface area is 78.4 Å². The van der Waals surface area contributed by atoms with Gasteiger partial charge in [0.25, 0.3) is 0 Å². The summed E-state index contributed by atoms with van der Waals surface area (Å²) in [5, 5.41) is 9.03. The molecule has 0 amide bonds. The van der Waals surface area contributed by atoms with Crippen molar-refractivity contribution >= 4 is 5.97 Å². The van der Waals surface area contributed by atoms with Gasteiger partial charge in [0.05, 0.1) is 0 Å². The maximum absolute atomic E-state index is 11.1. The predicted octanol–water partition coefficient (Wildman–Crippen LogP) is 2.14. The zero-order valence-electron chi connectivity index (χ0n) is 7.82. The number of allylic oxidation sites excluding steroid dienone is 1. The molecule has 1 N–H and O–H groups in total. The van der Waals surface area contributed by atoms with Crippen molar-refractivity contribution in [3.05, 3.63) is 18.3 Å². The fraction of sp³-hybridized carbons (Fsp3) is 0.600. The van der Waals surface area contributed by atoms with E-state index in [-0.39, 0.29) is 11.9 Å². The Bertz CT molecular complexity index is 202. The van der Waals surface area contributed by atoms with Crippen LogP contribution in [0.2, 0.25) is 0 Å². The third-order valence-corrected chi connectivity index (χ3v) is 2.11. The van der Waals surface area contributed by atoms with Gasteiger partial charge in [-0.2, -0.15) is 0 Å². The van der Waals surface area contributed by atoms with Crippen LogP contribution in [0.25, 0.3) is 0 Å². The zero-order chi connectivity index (χ0) is 9.68. The van der Waals surface area contributed by atoms with Crippen LogP contribution in [-0.4, -0.2) is 17.2 Å². The highest BCUT2D eigenvalue weighted by molar-refractivity contribution is 5.85. The first-order valence-electron chi connectivity index (χ1n) is 4.63. The quantitative estimate of drug-likeness (QED) is 0.405. The van der Waals surface area contributed by atoms with Gasteiger partial charge in [-0.3, -0.25) is 0 Å². The molecule has 1 rings (SSSR count). The second-order valence-electron chi connectivity index (χ2n) is 3.14. The van der Waals surface area contributed by atoms with E-state index >= 15 is 0 Å². The lowest BCUT2D eigenvalue weighted by Gasteiger charge is -2.21. The molecule has 1 radical (unpaired) electrons. The highest BCUT2D eigenvalue weighted by atomic mass is 16.6. The smallest absolute Gasteiger partial charge is 0.373 e. The number of hydrogen-bond donors (Lipinski definition) is 1. The Balaban J connectivity index is 2.34. The van der Waals surface area contributed by atoms with Gasteiger partial charge in [0.2, 0.25) is 0 Å². The fourth-order valence-electron chi connectivity index (χ4n) is 1.33. The molecule has 73 valence electrons. The molecule has 1 fully saturated rings. The van der Waals surface area contributed by atoms with Crippen LogP contribution < -0.4 is 0 Å². The minimum atomic E-state index is -0.620. The molecule has 0 spiro atoms. The van der Waals surface area contributed by atoms with Gasteiger partial charge in [0.1, 0.15) is 6.10 Å². The monoisotopic (exact) mass is 183 g/mol. The van der Waals surface area contributed by atoms with Crippen molar-refractivity contribution in [1.29, 1.82) is 0 Å². The summed E-state index contributed by atoms with van der Waals surface area (Å²) in [7, 11) is 0. The van der Waals surface area contributed by atoms with E-state index in [4.69, 9.17) is 9.84 Å². The summed E-state index contributed by atoms with van der Waals surface area (Å²) in [6, 6.07) is 0. The second kappa shape index (κ2) is 4.90. The zero-order valence-corrected chi connectivity index (χ0v) is 7.82. The lowest BCUT2D eigenvalue weighted by molar-refractivity contribution is -0.146. The molecule has 3 heteroatoms. The summed E-state index contributed by atoms with van der Waals surface area (Å²) in [5.41, 5.74) is 0. The van der Waals surface area contributed by atoms with E-state index in [2.05, 4.69) is 0 Å². The van der Waals surface area contributed by atoms with Crippen LogP contribution in [0.4, 0.5) is 0 Å². The number of aliphatic hydroxyl groups excluding tert-OH is 1. The number of carbonyl (C=O) groups excluding carboxylic acids is 1. The predicted molar refractivity (Wildman–Crippen MR) is 49.0 cm³/mol. The van der Waals surface area contributed by atoms with Gasteiger partial charge in [-0.05, 0) is 32.3 Å². The van der Waals surface area contributed by atoms with Crippen molar-refractivity contribution in [2.24, 2.45) is 0 Å². The van der Waals surface area contributed by atoms with E-state index in [1.807, 2.05) is 6.42 Å². The van der Waals surface area contributed by atoms with Crippen molar-refractivity contribution < 1.29 is 14.6 Å². The van der Waals surface area contributed by atoms with Gasteiger partial charge in [0, 0.05) is 6.42 Å². The van der Waals surface area contributed by atoms with Crippen molar-refractivity contribution in [2.75, 3.05) is 0 Å². The number of hydrogen-bond acceptors (Lipinski definition) is 3. The van der Waals surface area contributed by atoms with Gasteiger partial charge in [0.15, 0.2) is 5.76 Å². The Kier molecular flexibility index (Phi) is 3.80. The molecule has 13 heavy (non-hydrogen) atoms. The normalized spacial score (nSPS) is 19.9. The number of ether oxygens (including phenoxy) is 1. The van der Waals surface area contributed by atoms with Gasteiger partial charge in [-0.25, -0.2) is 4.79 Å². The van der Waals surface area contributed by atoms with Crippen LogP contribution in [0.5, 0.6) is 0 Å². The lowest BCUT2D eigenvalue weighted by Crippen LogP contribution is -2.22. The molecule has 3 nitrogen and oxygen atoms in total. The summed E-state index contributed by atoms with van der Waals surface area (Å²) in [6.45, 7) is 1.60. The lowest BCUT2D eigenvalue weighted by atomic mass is 9.98. The largest absolute Gasteiger partial charge is 0.502 e. The van der Waals surface area contributed by atoms with Crippen LogP contribution in [0.1, 0.15) is 32.6 Å². The first-order chi connectivity index (χ1) is 6.24. The molecular weight excluding hydrogens is 168 g/mol. The summed E-state index contributed by atoms with van der Waals surface area (Å²) in [5.74, 6) is -0.926. The number of aliphatic hydroxyl groups is 1. The Hall–Kier alpha value is -0.990. The van der Waals surface area contributed by atoms with Crippen LogP contribution in [-0.2, 0) is 9.53 Å². The van der Waals surface area contributed by atoms with E-state index in [0.29, 0.717) is 0 Å². The van der Waals surface area contributed by atoms with E-state index < -0.39 is 5.97 Å². The molecule has 0 saturated heterocycles. The van der Waals surface area contributed by atoms with Crippen molar-refractivity contribution in [3.8, 4) is 0 Å². The van der Waals surface area contributed by atoms with E-state index in [9.17, 15) is 4.79 Å². The van der Waals surface area contributed by atoms with Gasteiger partial charge < -0.3 is 9.84 Å². The van der Waals surface area contributed by atoms with E-state index in [1.165, 1.54) is 12.5 Å². The first-order valence-corrected chi connectivity index (χ1v) is 4.63. The van der Waals surface area contributed by atoms with Gasteiger partial charge in [-0.15, -0.1) is 0 Å². The average Bonchev–Trinajstić information content (AvgIpc) is 2.18. The van der Waals surface area contributed by atoms with Crippen LogP contribution in [0.3, 0.4) is 0 Å². The topological polar surface area (TPSA) is 46.5 Å². The van der Waals surface area contributed by atoms with Crippen LogP contribution in [0.15, 0.2) is 11.8 Å². The summed E-state index contributed by atoms with van der Waals surface area (Å²) < 4.78 is 5.03. The van der Waals surface area contributed by atoms with E-state index in [0.717, 1.165) is 19.3 Å². The maximum Gasteiger partial charge on any atom is 0.373 e. The molecule has 0 aliphatic heterocycles. The molecule has 1 aliphatic rings. The molecule has 1 aliphatic carbocycles. The number of esters is 1. The third-order valence-electron chi connectivity index (χ3n) is 2.11. The molecule has 0 aromatic heterocycles. The molecular formula is C10H15O3. The maximum atomic E-state index is 11.1. The minimum absolute atomic E-state index is 0.108. The molecule has 0 aromatic rings. The molecule has 0 heterocycles. The van der Waals surface area contributed by atoms with Crippen LogP contribution >= 0.6 is 0 Å². The molecule has 1 atom stereocenters. The summed E-state index contributed by atoms with van der Waals surface area (Å²) in [6.07, 6.45) is 7.35. The Morgan fingerprint density at radius 2 is 2.38 bits per heavy atom.